The number of nitrogens with zero attached hydrogens (tertiary/aromatic N) is 1. The first-order valence-electron chi connectivity index (χ1n) is 6.42. The molecule has 0 spiro atoms. The van der Waals surface area contributed by atoms with Gasteiger partial charge in [0, 0.05) is 18.5 Å². The van der Waals surface area contributed by atoms with Gasteiger partial charge in [0.25, 0.3) is 0 Å². The minimum atomic E-state index is 0.170. The van der Waals surface area contributed by atoms with E-state index in [0.29, 0.717) is 0 Å². The van der Waals surface area contributed by atoms with Crippen molar-refractivity contribution in [3.05, 3.63) is 15.6 Å². The summed E-state index contributed by atoms with van der Waals surface area (Å²) in [5.74, 6) is 0. The summed E-state index contributed by atoms with van der Waals surface area (Å²) in [7, 11) is 1.77. The van der Waals surface area contributed by atoms with Crippen LogP contribution >= 0.6 is 11.3 Å². The maximum absolute atomic E-state index is 5.50. The quantitative estimate of drug-likeness (QED) is 0.723. The topological polar surface area (TPSA) is 34.1 Å². The van der Waals surface area contributed by atoms with Crippen LogP contribution in [-0.4, -0.2) is 18.6 Å². The van der Waals surface area contributed by atoms with E-state index in [0.717, 1.165) is 36.6 Å². The molecule has 1 aromatic heterocycles. The molecule has 1 unspecified atom stereocenters. The fraction of sp³-hybridized carbons (Fsp3) is 0.769. The molecule has 0 fully saturated rings. The van der Waals surface area contributed by atoms with E-state index in [1.807, 2.05) is 0 Å². The number of hydrogen-bond donors (Lipinski definition) is 1. The third kappa shape index (κ3) is 4.37. The second-order valence-electron chi connectivity index (χ2n) is 4.25. The van der Waals surface area contributed by atoms with E-state index >= 15 is 0 Å². The standard InChI is InChI=1S/C13H24N2OS/c1-5-7-11(16-4)13-15-10(3)12(17-13)9-14-8-6-2/h11,14H,5-9H2,1-4H3. The Morgan fingerprint density at radius 2 is 2.12 bits per heavy atom. The summed E-state index contributed by atoms with van der Waals surface area (Å²) in [5.41, 5.74) is 1.15. The fourth-order valence-electron chi connectivity index (χ4n) is 1.74. The van der Waals surface area contributed by atoms with Crippen LogP contribution in [0.2, 0.25) is 0 Å². The van der Waals surface area contributed by atoms with Crippen LogP contribution in [0.25, 0.3) is 0 Å². The molecular formula is C13H24N2OS. The first-order valence-corrected chi connectivity index (χ1v) is 7.24. The summed E-state index contributed by atoms with van der Waals surface area (Å²) < 4.78 is 5.50. The average molecular weight is 256 g/mol. The first-order chi connectivity index (χ1) is 8.22. The van der Waals surface area contributed by atoms with Crippen LogP contribution in [0.15, 0.2) is 0 Å². The van der Waals surface area contributed by atoms with Crippen molar-refractivity contribution in [2.45, 2.75) is 52.7 Å². The van der Waals surface area contributed by atoms with Gasteiger partial charge in [-0.2, -0.15) is 0 Å². The Labute approximate surface area is 109 Å². The van der Waals surface area contributed by atoms with Gasteiger partial charge < -0.3 is 10.1 Å². The van der Waals surface area contributed by atoms with E-state index in [1.165, 1.54) is 11.3 Å². The molecule has 98 valence electrons. The van der Waals surface area contributed by atoms with Gasteiger partial charge in [-0.15, -0.1) is 11.3 Å². The molecule has 0 aliphatic heterocycles. The van der Waals surface area contributed by atoms with Crippen LogP contribution in [0.4, 0.5) is 0 Å². The number of aryl methyl sites for hydroxylation is 1. The van der Waals surface area contributed by atoms with Crippen molar-refractivity contribution < 1.29 is 4.74 Å². The van der Waals surface area contributed by atoms with Crippen LogP contribution in [0.5, 0.6) is 0 Å². The summed E-state index contributed by atoms with van der Waals surface area (Å²) >= 11 is 1.78. The molecule has 3 nitrogen and oxygen atoms in total. The number of hydrogen-bond acceptors (Lipinski definition) is 4. The van der Waals surface area contributed by atoms with E-state index in [-0.39, 0.29) is 6.10 Å². The molecule has 17 heavy (non-hydrogen) atoms. The van der Waals surface area contributed by atoms with E-state index in [2.05, 4.69) is 31.1 Å². The molecule has 1 heterocycles. The Hall–Kier alpha value is -0.450. The predicted molar refractivity (Wildman–Crippen MR) is 73.5 cm³/mol. The van der Waals surface area contributed by atoms with Gasteiger partial charge in [0.1, 0.15) is 11.1 Å². The Morgan fingerprint density at radius 1 is 1.35 bits per heavy atom. The molecular weight excluding hydrogens is 232 g/mol. The fourth-order valence-corrected chi connectivity index (χ4v) is 2.88. The third-order valence-electron chi connectivity index (χ3n) is 2.73. The van der Waals surface area contributed by atoms with Crippen LogP contribution in [0.3, 0.4) is 0 Å². The molecule has 0 amide bonds. The van der Waals surface area contributed by atoms with Crippen LogP contribution in [0, 0.1) is 6.92 Å². The lowest BCUT2D eigenvalue weighted by Crippen LogP contribution is -2.13. The van der Waals surface area contributed by atoms with Gasteiger partial charge in [-0.3, -0.25) is 0 Å². The molecule has 4 heteroatoms. The highest BCUT2D eigenvalue weighted by Gasteiger charge is 2.16. The highest BCUT2D eigenvalue weighted by Crippen LogP contribution is 2.28. The summed E-state index contributed by atoms with van der Waals surface area (Å²) in [6.07, 6.45) is 3.51. The third-order valence-corrected chi connectivity index (χ3v) is 3.98. The van der Waals surface area contributed by atoms with E-state index in [9.17, 15) is 0 Å². The Morgan fingerprint density at radius 3 is 2.71 bits per heavy atom. The van der Waals surface area contributed by atoms with Crippen molar-refractivity contribution in [3.8, 4) is 0 Å². The van der Waals surface area contributed by atoms with Gasteiger partial charge in [0.2, 0.25) is 0 Å². The van der Waals surface area contributed by atoms with Crippen molar-refractivity contribution in [1.82, 2.24) is 10.3 Å². The zero-order valence-electron chi connectivity index (χ0n) is 11.4. The second-order valence-corrected chi connectivity index (χ2v) is 5.37. The highest BCUT2D eigenvalue weighted by atomic mass is 32.1. The number of methoxy groups -OCH3 is 1. The molecule has 0 radical (unpaired) electrons. The van der Waals surface area contributed by atoms with Gasteiger partial charge in [-0.1, -0.05) is 20.3 Å². The second kappa shape index (κ2) is 7.80. The molecule has 0 bridgehead atoms. The molecule has 1 atom stereocenters. The Kier molecular flexibility index (Phi) is 6.70. The number of thiazole rings is 1. The summed E-state index contributed by atoms with van der Waals surface area (Å²) in [4.78, 5) is 5.97. The van der Waals surface area contributed by atoms with Crippen molar-refractivity contribution in [1.29, 1.82) is 0 Å². The molecule has 0 saturated heterocycles. The molecule has 0 aliphatic rings. The average Bonchev–Trinajstić information content (AvgIpc) is 2.68. The van der Waals surface area contributed by atoms with Crippen LogP contribution in [-0.2, 0) is 11.3 Å². The van der Waals surface area contributed by atoms with Crippen molar-refractivity contribution in [2.75, 3.05) is 13.7 Å². The molecule has 0 saturated carbocycles. The SMILES string of the molecule is CCCNCc1sc(C(CCC)OC)nc1C. The van der Waals surface area contributed by atoms with Crippen molar-refractivity contribution >= 4 is 11.3 Å². The first kappa shape index (κ1) is 14.6. The number of rotatable bonds is 8. The zero-order valence-corrected chi connectivity index (χ0v) is 12.2. The summed E-state index contributed by atoms with van der Waals surface area (Å²) in [5, 5.41) is 4.55. The van der Waals surface area contributed by atoms with E-state index in [4.69, 9.17) is 4.74 Å². The summed E-state index contributed by atoms with van der Waals surface area (Å²) in [6.45, 7) is 8.44. The largest absolute Gasteiger partial charge is 0.374 e. The van der Waals surface area contributed by atoms with Gasteiger partial charge >= 0.3 is 0 Å². The van der Waals surface area contributed by atoms with Crippen molar-refractivity contribution in [3.63, 3.8) is 0 Å². The maximum Gasteiger partial charge on any atom is 0.122 e. The number of aromatic nitrogens is 1. The van der Waals surface area contributed by atoms with Gasteiger partial charge in [-0.25, -0.2) is 4.98 Å². The smallest absolute Gasteiger partial charge is 0.122 e. The minimum absolute atomic E-state index is 0.170. The van der Waals surface area contributed by atoms with Gasteiger partial charge in [-0.05, 0) is 26.3 Å². The van der Waals surface area contributed by atoms with E-state index in [1.54, 1.807) is 18.4 Å². The monoisotopic (exact) mass is 256 g/mol. The lowest BCUT2D eigenvalue weighted by molar-refractivity contribution is 0.0947. The lowest BCUT2D eigenvalue weighted by atomic mass is 10.2. The van der Waals surface area contributed by atoms with Gasteiger partial charge in [0.05, 0.1) is 5.69 Å². The zero-order chi connectivity index (χ0) is 12.7. The van der Waals surface area contributed by atoms with E-state index < -0.39 is 0 Å². The van der Waals surface area contributed by atoms with Crippen LogP contribution in [0.1, 0.15) is 54.8 Å². The minimum Gasteiger partial charge on any atom is -0.374 e. The molecule has 0 aromatic carbocycles. The molecule has 0 aliphatic carbocycles. The molecule has 1 N–H and O–H groups in total. The highest BCUT2D eigenvalue weighted by molar-refractivity contribution is 7.11. The van der Waals surface area contributed by atoms with Crippen LogP contribution < -0.4 is 5.32 Å². The number of nitrogens with one attached hydrogen (secondary N) is 1. The normalized spacial score (nSPS) is 12.9. The van der Waals surface area contributed by atoms with Crippen molar-refractivity contribution in [2.24, 2.45) is 0 Å². The predicted octanol–water partition coefficient (Wildman–Crippen LogP) is 3.44. The maximum atomic E-state index is 5.50. The summed E-state index contributed by atoms with van der Waals surface area (Å²) in [6, 6.07) is 0. The molecule has 1 rings (SSSR count). The Bertz CT molecular complexity index is 325. The molecule has 1 aromatic rings. The Balaban J connectivity index is 2.65. The van der Waals surface area contributed by atoms with Gasteiger partial charge in [0.15, 0.2) is 0 Å². The number of ether oxygens (including phenoxy) is 1. The lowest BCUT2D eigenvalue weighted by Gasteiger charge is -2.10.